The second kappa shape index (κ2) is 7.14. The van der Waals surface area contributed by atoms with Crippen molar-refractivity contribution in [2.45, 2.75) is 56.7 Å². The van der Waals surface area contributed by atoms with Crippen LogP contribution in [0.4, 0.5) is 0 Å². The molecule has 3 aliphatic heterocycles. The van der Waals surface area contributed by atoms with Gasteiger partial charge in [-0.15, -0.1) is 0 Å². The zero-order chi connectivity index (χ0) is 16.4. The van der Waals surface area contributed by atoms with Crippen LogP contribution in [0.1, 0.15) is 44.9 Å². The highest BCUT2D eigenvalue weighted by Gasteiger charge is 2.50. The smallest absolute Gasteiger partial charge is 0.249 e. The maximum atomic E-state index is 12.4. The minimum absolute atomic E-state index is 0.145. The molecule has 0 unspecified atom stereocenters. The molecule has 0 aromatic rings. The predicted molar refractivity (Wildman–Crippen MR) is 89.7 cm³/mol. The fraction of sp³-hybridized carbons (Fsp3) is 0.842. The molecule has 0 saturated carbocycles. The fourth-order valence-electron chi connectivity index (χ4n) is 4.39. The van der Waals surface area contributed by atoms with Gasteiger partial charge in [-0.1, -0.05) is 6.08 Å². The Morgan fingerprint density at radius 1 is 1.25 bits per heavy atom. The molecular weight excluding hydrogens is 306 g/mol. The summed E-state index contributed by atoms with van der Waals surface area (Å²) in [4.78, 5) is 14.4. The summed E-state index contributed by atoms with van der Waals surface area (Å²) in [6, 6.07) is 0. The van der Waals surface area contributed by atoms with Crippen LogP contribution >= 0.6 is 0 Å². The summed E-state index contributed by atoms with van der Waals surface area (Å²) in [5.74, 6) is 0.873. The number of likely N-dealkylation sites (tertiary alicyclic amines) is 1. The summed E-state index contributed by atoms with van der Waals surface area (Å²) in [6.45, 7) is 4.82. The number of nitrogens with zero attached hydrogens (tertiary/aromatic N) is 1. The van der Waals surface area contributed by atoms with Gasteiger partial charge in [0.1, 0.15) is 5.60 Å². The lowest BCUT2D eigenvalue weighted by Gasteiger charge is -2.53. The normalized spacial score (nSPS) is 30.2. The number of ether oxygens (including phenoxy) is 3. The van der Waals surface area contributed by atoms with Gasteiger partial charge in [-0.3, -0.25) is 4.79 Å². The van der Waals surface area contributed by atoms with Crippen molar-refractivity contribution in [3.05, 3.63) is 11.6 Å². The van der Waals surface area contributed by atoms with Crippen molar-refractivity contribution in [3.63, 3.8) is 0 Å². The Kier molecular flexibility index (Phi) is 4.93. The van der Waals surface area contributed by atoms with Crippen LogP contribution in [0.15, 0.2) is 11.6 Å². The number of rotatable bonds is 4. The van der Waals surface area contributed by atoms with E-state index in [1.165, 1.54) is 0 Å². The van der Waals surface area contributed by atoms with Crippen LogP contribution in [-0.2, 0) is 19.0 Å². The molecule has 0 aromatic carbocycles. The first-order valence-electron chi connectivity index (χ1n) is 9.56. The summed E-state index contributed by atoms with van der Waals surface area (Å²) >= 11 is 0. The number of carbonyl (C=O) groups is 1. The zero-order valence-electron chi connectivity index (χ0n) is 14.5. The van der Waals surface area contributed by atoms with Crippen LogP contribution in [0.2, 0.25) is 0 Å². The average molecular weight is 335 g/mol. The Hall–Kier alpha value is -0.910. The molecule has 0 aromatic heterocycles. The van der Waals surface area contributed by atoms with Gasteiger partial charge < -0.3 is 19.1 Å². The molecule has 5 nitrogen and oxygen atoms in total. The molecule has 3 saturated heterocycles. The van der Waals surface area contributed by atoms with Gasteiger partial charge in [0.2, 0.25) is 5.91 Å². The van der Waals surface area contributed by atoms with Gasteiger partial charge >= 0.3 is 0 Å². The minimum Gasteiger partial charge on any atom is -0.381 e. The van der Waals surface area contributed by atoms with Crippen molar-refractivity contribution in [1.29, 1.82) is 0 Å². The van der Waals surface area contributed by atoms with Crippen molar-refractivity contribution >= 4 is 5.91 Å². The van der Waals surface area contributed by atoms with Crippen molar-refractivity contribution in [3.8, 4) is 0 Å². The number of hydrogen-bond acceptors (Lipinski definition) is 4. The van der Waals surface area contributed by atoms with Crippen LogP contribution in [-0.4, -0.2) is 62.0 Å². The highest BCUT2D eigenvalue weighted by atomic mass is 16.5. The van der Waals surface area contributed by atoms with Crippen molar-refractivity contribution < 1.29 is 19.0 Å². The van der Waals surface area contributed by atoms with E-state index in [-0.39, 0.29) is 17.6 Å². The molecular formula is C19H29NO4. The Balaban J connectivity index is 1.24. The first-order valence-corrected chi connectivity index (χ1v) is 9.56. The maximum Gasteiger partial charge on any atom is 0.249 e. The maximum absolute atomic E-state index is 12.4. The molecule has 0 N–H and O–H groups in total. The summed E-state index contributed by atoms with van der Waals surface area (Å²) in [5, 5.41) is 0. The fourth-order valence-corrected chi connectivity index (χ4v) is 4.39. The van der Waals surface area contributed by atoms with E-state index in [1.54, 1.807) is 0 Å². The van der Waals surface area contributed by atoms with E-state index >= 15 is 0 Å². The van der Waals surface area contributed by atoms with E-state index in [1.807, 2.05) is 4.90 Å². The van der Waals surface area contributed by atoms with Gasteiger partial charge in [-0.2, -0.15) is 0 Å². The molecule has 134 valence electrons. The molecule has 1 aliphatic carbocycles. The molecule has 24 heavy (non-hydrogen) atoms. The molecule has 4 rings (SSSR count). The van der Waals surface area contributed by atoms with Crippen molar-refractivity contribution in [2.75, 3.05) is 39.5 Å². The van der Waals surface area contributed by atoms with Crippen LogP contribution < -0.4 is 0 Å². The second-order valence-electron chi connectivity index (χ2n) is 7.82. The third kappa shape index (κ3) is 3.53. The van der Waals surface area contributed by atoms with E-state index in [2.05, 4.69) is 6.08 Å². The van der Waals surface area contributed by atoms with Crippen LogP contribution in [0.3, 0.4) is 0 Å². The number of hydrogen-bond donors (Lipinski definition) is 0. The topological polar surface area (TPSA) is 48.0 Å². The van der Waals surface area contributed by atoms with Gasteiger partial charge in [0.25, 0.3) is 0 Å². The van der Waals surface area contributed by atoms with Gasteiger partial charge in [-0.05, 0) is 44.4 Å². The van der Waals surface area contributed by atoms with Gasteiger partial charge in [0.05, 0.1) is 19.2 Å². The third-order valence-corrected chi connectivity index (χ3v) is 5.92. The van der Waals surface area contributed by atoms with Crippen molar-refractivity contribution in [2.24, 2.45) is 5.92 Å². The second-order valence-corrected chi connectivity index (χ2v) is 7.82. The Morgan fingerprint density at radius 2 is 2.08 bits per heavy atom. The van der Waals surface area contributed by atoms with Gasteiger partial charge in [0, 0.05) is 38.4 Å². The lowest BCUT2D eigenvalue weighted by Crippen LogP contribution is -2.67. The van der Waals surface area contributed by atoms with E-state index in [0.717, 1.165) is 90.0 Å². The summed E-state index contributed by atoms with van der Waals surface area (Å²) < 4.78 is 17.7. The summed E-state index contributed by atoms with van der Waals surface area (Å²) in [5.41, 5.74) is 0.862. The average Bonchev–Trinajstić information content (AvgIpc) is 3.13. The molecule has 3 fully saturated rings. The standard InChI is InChI=1S/C19H29NO4/c21-18(16-3-1-2-4-16)20-13-19(14-20)11-17(7-10-24-19)23-12-15-5-8-22-9-6-15/h3,15,17H,1-2,4-14H2/t17-/m0/s1. The summed E-state index contributed by atoms with van der Waals surface area (Å²) in [6.07, 6.45) is 9.65. The zero-order valence-corrected chi connectivity index (χ0v) is 14.5. The van der Waals surface area contributed by atoms with Crippen LogP contribution in [0, 0.1) is 5.92 Å². The van der Waals surface area contributed by atoms with E-state index in [4.69, 9.17) is 14.2 Å². The SMILES string of the molecule is O=C(C1=CCCC1)N1CC2(C[C@@H](OCC3CCOCC3)CCO2)C1. The molecule has 3 heterocycles. The third-order valence-electron chi connectivity index (χ3n) is 5.92. The highest BCUT2D eigenvalue weighted by Crippen LogP contribution is 2.37. The van der Waals surface area contributed by atoms with Crippen LogP contribution in [0.25, 0.3) is 0 Å². The molecule has 4 aliphatic rings. The molecule has 0 bridgehead atoms. The number of allylic oxidation sites excluding steroid dienone is 1. The monoisotopic (exact) mass is 335 g/mol. The lowest BCUT2D eigenvalue weighted by molar-refractivity contribution is -0.201. The Morgan fingerprint density at radius 3 is 2.83 bits per heavy atom. The molecule has 0 radical (unpaired) electrons. The van der Waals surface area contributed by atoms with E-state index in [0.29, 0.717) is 5.92 Å². The Labute approximate surface area is 144 Å². The van der Waals surface area contributed by atoms with Gasteiger partial charge in [0.15, 0.2) is 0 Å². The first-order chi connectivity index (χ1) is 11.7. The molecule has 5 heteroatoms. The van der Waals surface area contributed by atoms with E-state index in [9.17, 15) is 4.79 Å². The summed E-state index contributed by atoms with van der Waals surface area (Å²) in [7, 11) is 0. The highest BCUT2D eigenvalue weighted by molar-refractivity contribution is 5.94. The number of amides is 1. The van der Waals surface area contributed by atoms with E-state index < -0.39 is 0 Å². The molecule has 1 spiro atoms. The Bertz CT molecular complexity index is 492. The first kappa shape index (κ1) is 16.6. The largest absolute Gasteiger partial charge is 0.381 e. The van der Waals surface area contributed by atoms with Crippen molar-refractivity contribution in [1.82, 2.24) is 4.90 Å². The van der Waals surface area contributed by atoms with Crippen LogP contribution in [0.5, 0.6) is 0 Å². The number of carbonyl (C=O) groups excluding carboxylic acids is 1. The lowest BCUT2D eigenvalue weighted by atomic mass is 9.84. The minimum atomic E-state index is -0.145. The van der Waals surface area contributed by atoms with Gasteiger partial charge in [-0.25, -0.2) is 0 Å². The predicted octanol–water partition coefficient (Wildman–Crippen LogP) is 2.30. The molecule has 1 atom stereocenters. The quantitative estimate of drug-likeness (QED) is 0.791. The molecule has 1 amide bonds.